The molecular formula is C29H27F4NO7. The lowest BCUT2D eigenvalue weighted by molar-refractivity contribution is -0.151. The maximum absolute atomic E-state index is 15.5. The molecule has 0 aromatic heterocycles. The van der Waals surface area contributed by atoms with E-state index in [1.807, 2.05) is 0 Å². The number of anilines is 1. The molecule has 0 aliphatic carbocycles. The largest absolute Gasteiger partial charge is 0.507 e. The van der Waals surface area contributed by atoms with Gasteiger partial charge in [0.2, 0.25) is 0 Å². The van der Waals surface area contributed by atoms with Crippen molar-refractivity contribution in [1.82, 2.24) is 0 Å². The first-order chi connectivity index (χ1) is 19.5. The van der Waals surface area contributed by atoms with Gasteiger partial charge < -0.3 is 29.0 Å². The quantitative estimate of drug-likeness (QED) is 0.278. The Hall–Kier alpha value is -4.32. The zero-order valence-electron chi connectivity index (χ0n) is 22.3. The SMILES string of the molecule is CCOC(=O)CC1OC(c2cccc(OC)c2F)c2cc(C(F)(F)F)ccc2N(Cc2ccc(OC)cc2O)C1=O. The van der Waals surface area contributed by atoms with E-state index in [1.54, 1.807) is 6.92 Å². The molecule has 0 radical (unpaired) electrons. The monoisotopic (exact) mass is 577 g/mol. The van der Waals surface area contributed by atoms with Crippen LogP contribution in [-0.2, 0) is 31.8 Å². The van der Waals surface area contributed by atoms with Crippen molar-refractivity contribution in [3.63, 3.8) is 0 Å². The number of esters is 1. The third-order valence-corrected chi connectivity index (χ3v) is 6.54. The van der Waals surface area contributed by atoms with E-state index in [-0.39, 0.29) is 47.0 Å². The van der Waals surface area contributed by atoms with Gasteiger partial charge in [-0.05, 0) is 43.3 Å². The van der Waals surface area contributed by atoms with Crippen LogP contribution in [0.4, 0.5) is 23.2 Å². The van der Waals surface area contributed by atoms with Crippen LogP contribution < -0.4 is 14.4 Å². The molecule has 3 aromatic carbocycles. The number of carbonyl (C=O) groups is 2. The third kappa shape index (κ3) is 6.22. The Labute approximate surface area is 233 Å². The molecule has 2 atom stereocenters. The number of ether oxygens (including phenoxy) is 4. The summed E-state index contributed by atoms with van der Waals surface area (Å²) in [4.78, 5) is 27.5. The van der Waals surface area contributed by atoms with Gasteiger partial charge in [0.15, 0.2) is 11.6 Å². The van der Waals surface area contributed by atoms with Crippen molar-refractivity contribution in [1.29, 1.82) is 0 Å². The lowest BCUT2D eigenvalue weighted by Crippen LogP contribution is -2.40. The van der Waals surface area contributed by atoms with E-state index in [4.69, 9.17) is 18.9 Å². The van der Waals surface area contributed by atoms with Gasteiger partial charge in [0.05, 0.1) is 45.0 Å². The van der Waals surface area contributed by atoms with Crippen LogP contribution in [-0.4, -0.2) is 43.9 Å². The van der Waals surface area contributed by atoms with Crippen molar-refractivity contribution in [2.45, 2.75) is 38.3 Å². The number of carbonyl (C=O) groups excluding carboxylic acids is 2. The highest BCUT2D eigenvalue weighted by molar-refractivity contribution is 6.00. The number of halogens is 4. The van der Waals surface area contributed by atoms with Crippen LogP contribution in [0, 0.1) is 5.82 Å². The van der Waals surface area contributed by atoms with Gasteiger partial charge in [-0.15, -0.1) is 0 Å². The van der Waals surface area contributed by atoms with Crippen LogP contribution >= 0.6 is 0 Å². The summed E-state index contributed by atoms with van der Waals surface area (Å²) in [5.41, 5.74) is -1.25. The molecule has 1 heterocycles. The molecule has 1 aliphatic rings. The van der Waals surface area contributed by atoms with E-state index >= 15 is 4.39 Å². The molecule has 0 spiro atoms. The van der Waals surface area contributed by atoms with Gasteiger partial charge in [0.25, 0.3) is 5.91 Å². The van der Waals surface area contributed by atoms with E-state index in [1.165, 1.54) is 50.6 Å². The lowest BCUT2D eigenvalue weighted by atomic mass is 9.96. The van der Waals surface area contributed by atoms with Crippen molar-refractivity contribution < 1.29 is 51.2 Å². The Morgan fingerprint density at radius 2 is 1.80 bits per heavy atom. The number of nitrogens with zero attached hydrogens (tertiary/aromatic N) is 1. The van der Waals surface area contributed by atoms with E-state index in [2.05, 4.69) is 0 Å². The summed E-state index contributed by atoms with van der Waals surface area (Å²) < 4.78 is 78.2. The number of rotatable bonds is 8. The van der Waals surface area contributed by atoms with E-state index < -0.39 is 48.1 Å². The molecule has 0 saturated heterocycles. The van der Waals surface area contributed by atoms with E-state index in [0.29, 0.717) is 5.75 Å². The Morgan fingerprint density at radius 3 is 2.44 bits per heavy atom. The van der Waals surface area contributed by atoms with Crippen LogP contribution in [0.15, 0.2) is 54.6 Å². The lowest BCUT2D eigenvalue weighted by Gasteiger charge is -2.26. The van der Waals surface area contributed by atoms with Crippen molar-refractivity contribution >= 4 is 17.6 Å². The molecule has 3 aromatic rings. The smallest absolute Gasteiger partial charge is 0.416 e. The van der Waals surface area contributed by atoms with Crippen LogP contribution in [0.1, 0.15) is 41.7 Å². The van der Waals surface area contributed by atoms with Crippen LogP contribution in [0.2, 0.25) is 0 Å². The molecule has 8 nitrogen and oxygen atoms in total. The van der Waals surface area contributed by atoms with E-state index in [0.717, 1.165) is 23.1 Å². The molecule has 12 heteroatoms. The predicted molar refractivity (Wildman–Crippen MR) is 138 cm³/mol. The van der Waals surface area contributed by atoms with E-state index in [9.17, 15) is 27.9 Å². The number of phenols is 1. The Bertz CT molecular complexity index is 1440. The Balaban J connectivity index is 1.94. The van der Waals surface area contributed by atoms with Gasteiger partial charge in [0.1, 0.15) is 23.7 Å². The maximum Gasteiger partial charge on any atom is 0.416 e. The maximum atomic E-state index is 15.5. The average Bonchev–Trinajstić information content (AvgIpc) is 3.04. The topological polar surface area (TPSA) is 94.5 Å². The number of hydrogen-bond acceptors (Lipinski definition) is 7. The Kier molecular flexibility index (Phi) is 8.72. The second-order valence-electron chi connectivity index (χ2n) is 9.07. The van der Waals surface area contributed by atoms with Gasteiger partial charge in [-0.2, -0.15) is 13.2 Å². The molecule has 1 amide bonds. The molecule has 2 unspecified atom stereocenters. The summed E-state index contributed by atoms with van der Waals surface area (Å²) in [7, 11) is 2.62. The summed E-state index contributed by atoms with van der Waals surface area (Å²) in [5, 5.41) is 10.6. The summed E-state index contributed by atoms with van der Waals surface area (Å²) in [6.07, 6.45) is -8.50. The zero-order chi connectivity index (χ0) is 29.9. The number of methoxy groups -OCH3 is 2. The molecule has 0 saturated carbocycles. The van der Waals surface area contributed by atoms with Gasteiger partial charge >= 0.3 is 12.1 Å². The van der Waals surface area contributed by atoms with Crippen molar-refractivity contribution in [2.75, 3.05) is 25.7 Å². The summed E-state index contributed by atoms with van der Waals surface area (Å²) in [6.45, 7) is 1.25. The highest BCUT2D eigenvalue weighted by atomic mass is 19.4. The highest BCUT2D eigenvalue weighted by Gasteiger charge is 2.41. The number of amides is 1. The summed E-state index contributed by atoms with van der Waals surface area (Å²) in [5.74, 6) is -2.62. The summed E-state index contributed by atoms with van der Waals surface area (Å²) in [6, 6.07) is 11.0. The van der Waals surface area contributed by atoms with Crippen LogP contribution in [0.25, 0.3) is 0 Å². The molecule has 0 bridgehead atoms. The first kappa shape index (κ1) is 29.7. The van der Waals surface area contributed by atoms with Crippen molar-refractivity contribution in [3.8, 4) is 17.2 Å². The highest BCUT2D eigenvalue weighted by Crippen LogP contribution is 2.44. The van der Waals surface area contributed by atoms with Crippen molar-refractivity contribution in [3.05, 3.63) is 82.7 Å². The van der Waals surface area contributed by atoms with Crippen LogP contribution in [0.5, 0.6) is 17.2 Å². The minimum absolute atomic E-state index is 0.00624. The second kappa shape index (κ2) is 12.0. The minimum atomic E-state index is -4.77. The molecule has 1 aliphatic heterocycles. The fourth-order valence-electron chi connectivity index (χ4n) is 4.55. The van der Waals surface area contributed by atoms with Gasteiger partial charge in [-0.1, -0.05) is 12.1 Å². The molecule has 4 rings (SSSR count). The molecule has 1 N–H and O–H groups in total. The number of alkyl halides is 3. The standard InChI is InChI=1S/C29H27F4NO7/c1-4-40-25(36)14-24-28(37)34(15-16-8-10-18(38-2)13-22(16)35)21-11-9-17(29(31,32)33)12-20(21)27(41-24)19-6-5-7-23(39-3)26(19)30/h5-13,24,27,35H,4,14-15H2,1-3H3. The van der Waals surface area contributed by atoms with Gasteiger partial charge in [0, 0.05) is 22.8 Å². The third-order valence-electron chi connectivity index (χ3n) is 6.54. The average molecular weight is 578 g/mol. The fraction of sp³-hybridized carbons (Fsp3) is 0.310. The Morgan fingerprint density at radius 1 is 1.05 bits per heavy atom. The number of fused-ring (bicyclic) bond motifs is 1. The van der Waals surface area contributed by atoms with Crippen molar-refractivity contribution in [2.24, 2.45) is 0 Å². The zero-order valence-corrected chi connectivity index (χ0v) is 22.3. The first-order valence-electron chi connectivity index (χ1n) is 12.5. The number of aromatic hydroxyl groups is 1. The fourth-order valence-corrected chi connectivity index (χ4v) is 4.55. The number of benzene rings is 3. The number of hydrogen-bond donors (Lipinski definition) is 1. The van der Waals surface area contributed by atoms with Gasteiger partial charge in [-0.3, -0.25) is 9.59 Å². The molecule has 218 valence electrons. The molecular weight excluding hydrogens is 550 g/mol. The first-order valence-corrected chi connectivity index (χ1v) is 12.5. The van der Waals surface area contributed by atoms with Gasteiger partial charge in [-0.25, -0.2) is 4.39 Å². The molecule has 41 heavy (non-hydrogen) atoms. The van der Waals surface area contributed by atoms with Crippen LogP contribution in [0.3, 0.4) is 0 Å². The minimum Gasteiger partial charge on any atom is -0.507 e. The summed E-state index contributed by atoms with van der Waals surface area (Å²) >= 11 is 0. The second-order valence-corrected chi connectivity index (χ2v) is 9.07. The molecule has 0 fully saturated rings. The predicted octanol–water partition coefficient (Wildman–Crippen LogP) is 5.54. The number of phenolic OH excluding ortho intramolecular Hbond substituents is 1. The normalized spacial score (nSPS) is 17.0.